The Morgan fingerprint density at radius 2 is 2.25 bits per heavy atom. The second-order valence-electron chi connectivity index (χ2n) is 4.70. The van der Waals surface area contributed by atoms with Gasteiger partial charge in [-0.3, -0.25) is 4.79 Å². The number of pyridine rings is 1. The maximum atomic E-state index is 10.8. The standard InChI is InChI=1S/C15H18N2O3/c1-10(15(18)19)5-7-16-14-13-9-12(20-2)4-3-11(13)6-8-17-14/h3-4,6,8-10H,5,7H2,1-2H3,(H,16,17)(H,18,19). The van der Waals surface area contributed by atoms with E-state index in [1.54, 1.807) is 20.2 Å². The van der Waals surface area contributed by atoms with Crippen LogP contribution in [-0.2, 0) is 4.79 Å². The summed E-state index contributed by atoms with van der Waals surface area (Å²) < 4.78 is 5.22. The molecule has 20 heavy (non-hydrogen) atoms. The van der Waals surface area contributed by atoms with Gasteiger partial charge in [-0.1, -0.05) is 13.0 Å². The number of nitrogens with zero attached hydrogens (tertiary/aromatic N) is 1. The van der Waals surface area contributed by atoms with Crippen molar-refractivity contribution in [1.82, 2.24) is 4.98 Å². The molecule has 0 spiro atoms. The van der Waals surface area contributed by atoms with Crippen molar-refractivity contribution in [3.8, 4) is 5.75 Å². The molecule has 0 fully saturated rings. The molecule has 2 aromatic rings. The predicted molar refractivity (Wildman–Crippen MR) is 78.2 cm³/mol. The Labute approximate surface area is 117 Å². The van der Waals surface area contributed by atoms with E-state index in [-0.39, 0.29) is 5.92 Å². The number of methoxy groups -OCH3 is 1. The van der Waals surface area contributed by atoms with Crippen molar-refractivity contribution in [2.45, 2.75) is 13.3 Å². The van der Waals surface area contributed by atoms with E-state index in [4.69, 9.17) is 9.84 Å². The fraction of sp³-hybridized carbons (Fsp3) is 0.333. The molecule has 0 saturated heterocycles. The van der Waals surface area contributed by atoms with Crippen LogP contribution in [-0.4, -0.2) is 29.7 Å². The van der Waals surface area contributed by atoms with E-state index in [0.717, 1.165) is 22.3 Å². The van der Waals surface area contributed by atoms with Crippen LogP contribution in [0.25, 0.3) is 10.8 Å². The first-order valence-electron chi connectivity index (χ1n) is 6.51. The van der Waals surface area contributed by atoms with E-state index in [0.29, 0.717) is 13.0 Å². The topological polar surface area (TPSA) is 71.5 Å². The van der Waals surface area contributed by atoms with Gasteiger partial charge < -0.3 is 15.2 Å². The zero-order chi connectivity index (χ0) is 14.5. The largest absolute Gasteiger partial charge is 0.497 e. The first kappa shape index (κ1) is 14.1. The Morgan fingerprint density at radius 3 is 2.95 bits per heavy atom. The number of aliphatic carboxylic acids is 1. The van der Waals surface area contributed by atoms with Gasteiger partial charge in [0.05, 0.1) is 13.0 Å². The first-order valence-corrected chi connectivity index (χ1v) is 6.51. The van der Waals surface area contributed by atoms with Crippen molar-refractivity contribution in [1.29, 1.82) is 0 Å². The number of anilines is 1. The van der Waals surface area contributed by atoms with Gasteiger partial charge in [-0.25, -0.2) is 4.98 Å². The molecule has 106 valence electrons. The van der Waals surface area contributed by atoms with Gasteiger partial charge >= 0.3 is 5.97 Å². The van der Waals surface area contributed by atoms with Gasteiger partial charge in [0.1, 0.15) is 11.6 Å². The predicted octanol–water partition coefficient (Wildman–Crippen LogP) is 2.77. The lowest BCUT2D eigenvalue weighted by Gasteiger charge is -2.11. The summed E-state index contributed by atoms with van der Waals surface area (Å²) in [5, 5.41) is 14.1. The lowest BCUT2D eigenvalue weighted by molar-refractivity contribution is -0.141. The van der Waals surface area contributed by atoms with Gasteiger partial charge in [0.15, 0.2) is 0 Å². The van der Waals surface area contributed by atoms with E-state index in [2.05, 4.69) is 10.3 Å². The first-order chi connectivity index (χ1) is 9.61. The minimum absolute atomic E-state index is 0.369. The van der Waals surface area contributed by atoms with E-state index in [9.17, 15) is 4.79 Å². The molecule has 1 aromatic heterocycles. The van der Waals surface area contributed by atoms with Crippen molar-refractivity contribution < 1.29 is 14.6 Å². The Balaban J connectivity index is 2.15. The van der Waals surface area contributed by atoms with Gasteiger partial charge in [0, 0.05) is 18.1 Å². The highest BCUT2D eigenvalue weighted by molar-refractivity contribution is 5.92. The van der Waals surface area contributed by atoms with Crippen LogP contribution in [0.15, 0.2) is 30.5 Å². The van der Waals surface area contributed by atoms with Crippen molar-refractivity contribution >= 4 is 22.6 Å². The lowest BCUT2D eigenvalue weighted by Crippen LogP contribution is -2.14. The molecule has 0 aliphatic carbocycles. The van der Waals surface area contributed by atoms with Crippen LogP contribution < -0.4 is 10.1 Å². The highest BCUT2D eigenvalue weighted by Crippen LogP contribution is 2.25. The molecular weight excluding hydrogens is 256 g/mol. The molecule has 0 amide bonds. The quantitative estimate of drug-likeness (QED) is 0.847. The summed E-state index contributed by atoms with van der Waals surface area (Å²) in [7, 11) is 1.62. The van der Waals surface area contributed by atoms with Crippen molar-refractivity contribution in [3.05, 3.63) is 30.5 Å². The van der Waals surface area contributed by atoms with Crippen molar-refractivity contribution in [2.75, 3.05) is 19.0 Å². The van der Waals surface area contributed by atoms with Gasteiger partial charge in [-0.2, -0.15) is 0 Å². The number of hydrogen-bond donors (Lipinski definition) is 2. The number of aromatic nitrogens is 1. The fourth-order valence-electron chi connectivity index (χ4n) is 1.95. The number of carboxylic acids is 1. The number of nitrogens with one attached hydrogen (secondary N) is 1. The molecule has 0 aliphatic rings. The van der Waals surface area contributed by atoms with E-state index < -0.39 is 5.97 Å². The van der Waals surface area contributed by atoms with Crippen LogP contribution in [0.4, 0.5) is 5.82 Å². The zero-order valence-corrected chi connectivity index (χ0v) is 11.6. The molecule has 1 heterocycles. The number of ether oxygens (including phenoxy) is 1. The molecule has 0 bridgehead atoms. The van der Waals surface area contributed by atoms with Crippen LogP contribution in [0.5, 0.6) is 5.75 Å². The third kappa shape index (κ3) is 3.17. The molecule has 0 radical (unpaired) electrons. The average molecular weight is 274 g/mol. The number of carboxylic acid groups (broad SMARTS) is 1. The summed E-state index contributed by atoms with van der Waals surface area (Å²) in [4.78, 5) is 15.1. The van der Waals surface area contributed by atoms with Crippen LogP contribution >= 0.6 is 0 Å². The summed E-state index contributed by atoms with van der Waals surface area (Å²) >= 11 is 0. The molecule has 5 nitrogen and oxygen atoms in total. The van der Waals surface area contributed by atoms with Crippen LogP contribution in [0, 0.1) is 5.92 Å². The Morgan fingerprint density at radius 1 is 1.45 bits per heavy atom. The summed E-state index contributed by atoms with van der Waals surface area (Å²) in [5.74, 6) is 0.373. The smallest absolute Gasteiger partial charge is 0.306 e. The SMILES string of the molecule is COc1ccc2ccnc(NCCC(C)C(=O)O)c2c1. The molecule has 5 heteroatoms. The minimum Gasteiger partial charge on any atom is -0.497 e. The molecule has 1 unspecified atom stereocenters. The maximum Gasteiger partial charge on any atom is 0.306 e. The molecule has 1 atom stereocenters. The Bertz CT molecular complexity index is 613. The number of benzene rings is 1. The van der Waals surface area contributed by atoms with Crippen LogP contribution in [0.1, 0.15) is 13.3 Å². The summed E-state index contributed by atoms with van der Waals surface area (Å²) in [5.41, 5.74) is 0. The van der Waals surface area contributed by atoms with E-state index >= 15 is 0 Å². The van der Waals surface area contributed by atoms with Gasteiger partial charge in [0.2, 0.25) is 0 Å². The highest BCUT2D eigenvalue weighted by Gasteiger charge is 2.10. The molecule has 1 aromatic carbocycles. The van der Waals surface area contributed by atoms with E-state index in [1.165, 1.54) is 0 Å². The van der Waals surface area contributed by atoms with Gasteiger partial charge in [0.25, 0.3) is 0 Å². The van der Waals surface area contributed by atoms with Gasteiger partial charge in [-0.15, -0.1) is 0 Å². The number of carbonyl (C=O) groups is 1. The van der Waals surface area contributed by atoms with E-state index in [1.807, 2.05) is 24.3 Å². The zero-order valence-electron chi connectivity index (χ0n) is 11.6. The minimum atomic E-state index is -0.778. The fourth-order valence-corrected chi connectivity index (χ4v) is 1.95. The lowest BCUT2D eigenvalue weighted by atomic mass is 10.1. The Hall–Kier alpha value is -2.30. The van der Waals surface area contributed by atoms with Crippen LogP contribution in [0.3, 0.4) is 0 Å². The monoisotopic (exact) mass is 274 g/mol. The normalized spacial score (nSPS) is 12.1. The molecule has 2 N–H and O–H groups in total. The molecule has 2 rings (SSSR count). The van der Waals surface area contributed by atoms with Crippen molar-refractivity contribution in [3.63, 3.8) is 0 Å². The summed E-state index contributed by atoms with van der Waals surface area (Å²) in [6, 6.07) is 7.73. The molecule has 0 saturated carbocycles. The Kier molecular flexibility index (Phi) is 4.40. The molecular formula is C15H18N2O3. The van der Waals surface area contributed by atoms with Crippen LogP contribution in [0.2, 0.25) is 0 Å². The molecule has 0 aliphatic heterocycles. The second-order valence-corrected chi connectivity index (χ2v) is 4.70. The maximum absolute atomic E-state index is 10.8. The third-order valence-electron chi connectivity index (χ3n) is 3.26. The second kappa shape index (κ2) is 6.23. The average Bonchev–Trinajstić information content (AvgIpc) is 2.46. The number of hydrogen-bond acceptors (Lipinski definition) is 4. The summed E-state index contributed by atoms with van der Waals surface area (Å²) in [6.07, 6.45) is 2.29. The highest BCUT2D eigenvalue weighted by atomic mass is 16.5. The van der Waals surface area contributed by atoms with Crippen molar-refractivity contribution in [2.24, 2.45) is 5.92 Å². The number of fused-ring (bicyclic) bond motifs is 1. The number of rotatable bonds is 6. The van der Waals surface area contributed by atoms with Gasteiger partial charge in [-0.05, 0) is 30.0 Å². The third-order valence-corrected chi connectivity index (χ3v) is 3.26. The summed E-state index contributed by atoms with van der Waals surface area (Å²) in [6.45, 7) is 2.26.